The Balaban J connectivity index is 1.71. The summed E-state index contributed by atoms with van der Waals surface area (Å²) in [5, 5.41) is 23.0. The zero-order chi connectivity index (χ0) is 22.4. The lowest BCUT2D eigenvalue weighted by Crippen LogP contribution is -2.28. The molecule has 0 aliphatic heterocycles. The molecule has 0 saturated carbocycles. The fourth-order valence-corrected chi connectivity index (χ4v) is 3.85. The number of nitro benzene ring substituents is 1. The van der Waals surface area contributed by atoms with Crippen molar-refractivity contribution in [2.24, 2.45) is 0 Å². The van der Waals surface area contributed by atoms with Crippen molar-refractivity contribution in [3.63, 3.8) is 0 Å². The summed E-state index contributed by atoms with van der Waals surface area (Å²) < 4.78 is 1.91. The smallest absolute Gasteiger partial charge is 0.269 e. The average Bonchev–Trinajstić information content (AvgIpc) is 3.16. The minimum absolute atomic E-state index is 0.0593. The molecule has 1 amide bonds. The van der Waals surface area contributed by atoms with Crippen LogP contribution in [-0.4, -0.2) is 25.6 Å². The number of nitrogens with one attached hydrogen (secondary N) is 1. The maximum absolute atomic E-state index is 12.6. The molecule has 3 aromatic rings. The Morgan fingerprint density at radius 1 is 1.23 bits per heavy atom. The molecular weight excluding hydrogens is 414 g/mol. The summed E-state index contributed by atoms with van der Waals surface area (Å²) in [5.74, 6) is 1.03. The van der Waals surface area contributed by atoms with Crippen LogP contribution in [0.4, 0.5) is 5.69 Å². The molecule has 1 heterocycles. The van der Waals surface area contributed by atoms with E-state index >= 15 is 0 Å². The van der Waals surface area contributed by atoms with E-state index in [0.29, 0.717) is 28.8 Å². The fourth-order valence-electron chi connectivity index (χ4n) is 2.94. The summed E-state index contributed by atoms with van der Waals surface area (Å²) in [6.45, 7) is 8.13. The van der Waals surface area contributed by atoms with Gasteiger partial charge < -0.3 is 9.88 Å². The highest BCUT2D eigenvalue weighted by molar-refractivity contribution is 7.98. The molecule has 0 spiro atoms. The number of nitrogens with zero attached hydrogens (tertiary/aromatic N) is 4. The molecule has 0 fully saturated rings. The molecule has 0 radical (unpaired) electrons. The van der Waals surface area contributed by atoms with Crippen molar-refractivity contribution in [3.05, 3.63) is 93.8 Å². The van der Waals surface area contributed by atoms with Gasteiger partial charge in [0.05, 0.1) is 11.0 Å². The molecule has 9 heteroatoms. The maximum Gasteiger partial charge on any atom is 0.269 e. The van der Waals surface area contributed by atoms with Crippen LogP contribution in [0.2, 0.25) is 0 Å². The number of carbonyl (C=O) groups is 1. The van der Waals surface area contributed by atoms with Crippen molar-refractivity contribution in [2.75, 3.05) is 0 Å². The largest absolute Gasteiger partial charge is 0.342 e. The lowest BCUT2D eigenvalue weighted by atomic mass is 10.1. The van der Waals surface area contributed by atoms with Crippen molar-refractivity contribution in [3.8, 4) is 0 Å². The van der Waals surface area contributed by atoms with Gasteiger partial charge >= 0.3 is 0 Å². The van der Waals surface area contributed by atoms with Crippen LogP contribution in [0.5, 0.6) is 0 Å². The van der Waals surface area contributed by atoms with E-state index in [1.807, 2.05) is 30.5 Å². The first-order chi connectivity index (χ1) is 14.9. The van der Waals surface area contributed by atoms with Gasteiger partial charge in [0.25, 0.3) is 11.6 Å². The van der Waals surface area contributed by atoms with E-state index in [4.69, 9.17) is 0 Å². The number of benzene rings is 2. The van der Waals surface area contributed by atoms with Crippen LogP contribution >= 0.6 is 11.8 Å². The number of aromatic nitrogens is 3. The number of amides is 1. The third-order valence-corrected chi connectivity index (χ3v) is 5.66. The lowest BCUT2D eigenvalue weighted by molar-refractivity contribution is -0.384. The highest BCUT2D eigenvalue weighted by atomic mass is 32.2. The molecular formula is C22H23N5O3S. The minimum Gasteiger partial charge on any atom is -0.342 e. The van der Waals surface area contributed by atoms with Gasteiger partial charge in [0.15, 0.2) is 11.0 Å². The van der Waals surface area contributed by atoms with Crippen molar-refractivity contribution in [1.29, 1.82) is 0 Å². The number of nitro groups is 1. The number of aryl methyl sites for hydroxylation is 1. The number of non-ortho nitro benzene ring substituents is 1. The molecule has 1 atom stereocenters. The molecule has 0 bridgehead atoms. The summed E-state index contributed by atoms with van der Waals surface area (Å²) in [7, 11) is 0. The van der Waals surface area contributed by atoms with E-state index in [1.165, 1.54) is 23.9 Å². The quantitative estimate of drug-likeness (QED) is 0.229. The Bertz CT molecular complexity index is 1080. The number of hydrogen-bond donors (Lipinski definition) is 1. The Morgan fingerprint density at radius 3 is 2.52 bits per heavy atom. The molecule has 31 heavy (non-hydrogen) atoms. The number of allylic oxidation sites excluding steroid dienone is 1. The Kier molecular flexibility index (Phi) is 7.19. The van der Waals surface area contributed by atoms with E-state index in [1.54, 1.807) is 30.3 Å². The first-order valence-electron chi connectivity index (χ1n) is 9.66. The Labute approximate surface area is 184 Å². The van der Waals surface area contributed by atoms with Gasteiger partial charge in [-0.25, -0.2) is 0 Å². The van der Waals surface area contributed by atoms with Crippen LogP contribution < -0.4 is 5.32 Å². The van der Waals surface area contributed by atoms with Crippen LogP contribution in [0.1, 0.15) is 40.3 Å². The molecule has 0 aliphatic rings. The molecule has 0 unspecified atom stereocenters. The molecule has 2 aromatic carbocycles. The third kappa shape index (κ3) is 5.58. The van der Waals surface area contributed by atoms with E-state index in [2.05, 4.69) is 22.1 Å². The first-order valence-corrected chi connectivity index (χ1v) is 10.6. The van der Waals surface area contributed by atoms with Crippen LogP contribution in [0.3, 0.4) is 0 Å². The molecule has 0 aliphatic carbocycles. The highest BCUT2D eigenvalue weighted by Crippen LogP contribution is 2.25. The monoisotopic (exact) mass is 437 g/mol. The fraction of sp³-hybridized carbons (Fsp3) is 0.227. The molecule has 3 rings (SSSR count). The van der Waals surface area contributed by atoms with Crippen LogP contribution in [-0.2, 0) is 12.3 Å². The molecule has 160 valence electrons. The second-order valence-electron chi connectivity index (χ2n) is 7.01. The predicted octanol–water partition coefficient (Wildman–Crippen LogP) is 4.46. The topological polar surface area (TPSA) is 103 Å². The Morgan fingerprint density at radius 2 is 1.90 bits per heavy atom. The van der Waals surface area contributed by atoms with Gasteiger partial charge in [-0.1, -0.05) is 47.7 Å². The van der Waals surface area contributed by atoms with Gasteiger partial charge in [0.1, 0.15) is 0 Å². The Hall–Kier alpha value is -3.46. The zero-order valence-corrected chi connectivity index (χ0v) is 18.1. The van der Waals surface area contributed by atoms with Crippen molar-refractivity contribution >= 4 is 23.4 Å². The van der Waals surface area contributed by atoms with Gasteiger partial charge in [0.2, 0.25) is 0 Å². The van der Waals surface area contributed by atoms with Gasteiger partial charge in [0, 0.05) is 30.0 Å². The van der Waals surface area contributed by atoms with Gasteiger partial charge in [-0.3, -0.25) is 14.9 Å². The van der Waals surface area contributed by atoms with E-state index in [9.17, 15) is 14.9 Å². The normalized spacial score (nSPS) is 11.7. The zero-order valence-electron chi connectivity index (χ0n) is 17.3. The summed E-state index contributed by atoms with van der Waals surface area (Å²) in [6, 6.07) is 13.4. The highest BCUT2D eigenvalue weighted by Gasteiger charge is 2.20. The minimum atomic E-state index is -0.420. The molecule has 0 saturated heterocycles. The second-order valence-corrected chi connectivity index (χ2v) is 7.96. The number of thioether (sulfide) groups is 1. The molecule has 8 nitrogen and oxygen atoms in total. The number of rotatable bonds is 9. The average molecular weight is 438 g/mol. The van der Waals surface area contributed by atoms with Crippen LogP contribution in [0.15, 0.2) is 66.3 Å². The third-order valence-electron chi connectivity index (χ3n) is 4.62. The number of hydrogen-bond acceptors (Lipinski definition) is 6. The van der Waals surface area contributed by atoms with Gasteiger partial charge in [-0.05, 0) is 31.5 Å². The van der Waals surface area contributed by atoms with Gasteiger partial charge in [-0.2, -0.15) is 0 Å². The van der Waals surface area contributed by atoms with E-state index < -0.39 is 4.92 Å². The maximum atomic E-state index is 12.6. The van der Waals surface area contributed by atoms with E-state index in [-0.39, 0.29) is 17.6 Å². The standard InChI is InChI=1S/C22H23N5O3S/c1-4-13-26-20(16(3)23-21(28)18-9-5-15(2)6-10-18)24-25-22(26)31-14-17-7-11-19(12-8-17)27(29)30/h4-12,16H,1,13-14H2,2-3H3,(H,23,28)/t16-/m1/s1. The van der Waals surface area contributed by atoms with Crippen molar-refractivity contribution < 1.29 is 9.72 Å². The van der Waals surface area contributed by atoms with Crippen molar-refractivity contribution in [1.82, 2.24) is 20.1 Å². The second kappa shape index (κ2) is 10.0. The predicted molar refractivity (Wildman–Crippen MR) is 120 cm³/mol. The summed E-state index contributed by atoms with van der Waals surface area (Å²) in [5.41, 5.74) is 2.67. The lowest BCUT2D eigenvalue weighted by Gasteiger charge is -2.15. The summed E-state index contributed by atoms with van der Waals surface area (Å²) in [4.78, 5) is 22.9. The SMILES string of the molecule is C=CCn1c(SCc2ccc([N+](=O)[O-])cc2)nnc1[C@@H](C)NC(=O)c1ccc(C)cc1. The molecule has 1 aromatic heterocycles. The summed E-state index contributed by atoms with van der Waals surface area (Å²) in [6.07, 6.45) is 1.75. The first kappa shape index (κ1) is 22.2. The van der Waals surface area contributed by atoms with Crippen LogP contribution in [0, 0.1) is 17.0 Å². The summed E-state index contributed by atoms with van der Waals surface area (Å²) >= 11 is 1.47. The number of carbonyl (C=O) groups excluding carboxylic acids is 1. The van der Waals surface area contributed by atoms with Crippen LogP contribution in [0.25, 0.3) is 0 Å². The van der Waals surface area contributed by atoms with Gasteiger partial charge in [-0.15, -0.1) is 16.8 Å². The van der Waals surface area contributed by atoms with Crippen molar-refractivity contribution in [2.45, 2.75) is 37.3 Å². The van der Waals surface area contributed by atoms with E-state index in [0.717, 1.165) is 11.1 Å². The molecule has 1 N–H and O–H groups in total.